The Balaban J connectivity index is 3.32. The fourth-order valence-corrected chi connectivity index (χ4v) is 9.46. The molecule has 12 atom stereocenters. The second kappa shape index (κ2) is 49.9. The molecule has 1 rings (SSSR count). The summed E-state index contributed by atoms with van der Waals surface area (Å²) in [7, 11) is 0. The minimum absolute atomic E-state index is 0.0618. The first-order valence-corrected chi connectivity index (χ1v) is 33.8. The molecule has 0 radical (unpaired) electrons. The van der Waals surface area contributed by atoms with E-state index >= 15 is 0 Å². The zero-order chi connectivity index (χ0) is 84.4. The normalized spacial score (nSPS) is 14.0. The van der Waals surface area contributed by atoms with E-state index in [4.69, 9.17) is 51.6 Å². The van der Waals surface area contributed by atoms with Crippen LogP contribution in [0.1, 0.15) is 102 Å². The lowest BCUT2D eigenvalue weighted by atomic mass is 10.1. The van der Waals surface area contributed by atoms with Gasteiger partial charge in [0.15, 0.2) is 0 Å². The van der Waals surface area contributed by atoms with Gasteiger partial charge in [-0.25, -0.2) is 0 Å². The van der Waals surface area contributed by atoms with E-state index in [0.29, 0.717) is 5.56 Å². The Labute approximate surface area is 630 Å². The summed E-state index contributed by atoms with van der Waals surface area (Å²) in [5.74, 6) is -26.4. The topological polar surface area (TPSA) is 859 Å². The number of carbonyl (C=O) groups is 22. The lowest BCUT2D eigenvalue weighted by Crippen LogP contribution is -2.60. The third-order valence-corrected chi connectivity index (χ3v) is 15.4. The number of aliphatic hydroxyl groups excluding tert-OH is 2. The number of carboxylic acids is 1. The highest BCUT2D eigenvalue weighted by atomic mass is 16.4. The molecule has 0 unspecified atom stereocenters. The van der Waals surface area contributed by atoms with Crippen LogP contribution in [-0.2, 0) is 112 Å². The van der Waals surface area contributed by atoms with Crippen LogP contribution in [0.2, 0.25) is 0 Å². The zero-order valence-corrected chi connectivity index (χ0v) is 60.1. The number of rotatable bonds is 55. The van der Waals surface area contributed by atoms with Crippen LogP contribution in [0.15, 0.2) is 24.3 Å². The van der Waals surface area contributed by atoms with Crippen LogP contribution in [0.5, 0.6) is 5.75 Å². The Morgan fingerprint density at radius 2 is 0.685 bits per heavy atom. The third kappa shape index (κ3) is 39.6. The highest BCUT2D eigenvalue weighted by Crippen LogP contribution is 2.13. The zero-order valence-electron chi connectivity index (χ0n) is 60.1. The fraction of sp³-hybridized carbons (Fsp3) is 0.548. The Bertz CT molecular complexity index is 3550. The van der Waals surface area contributed by atoms with E-state index in [1.54, 1.807) is 0 Å². The molecule has 49 heteroatoms. The van der Waals surface area contributed by atoms with Crippen molar-refractivity contribution >= 4 is 130 Å². The summed E-state index contributed by atoms with van der Waals surface area (Å²) in [6, 6.07) is -16.0. The molecule has 0 fully saturated rings. The number of phenolic OH excluding ortho intramolecular Hbond substituents is 1. The summed E-state index contributed by atoms with van der Waals surface area (Å²) in [5, 5.41) is 68.7. The van der Waals surface area contributed by atoms with Crippen LogP contribution in [0.4, 0.5) is 0 Å². The number of nitrogens with two attached hydrogens (primary N) is 9. The van der Waals surface area contributed by atoms with E-state index in [9.17, 15) is 126 Å². The number of primary amides is 7. The van der Waals surface area contributed by atoms with Crippen molar-refractivity contribution in [1.82, 2.24) is 74.4 Å². The van der Waals surface area contributed by atoms with Crippen molar-refractivity contribution in [1.29, 1.82) is 0 Å². The molecule has 0 aliphatic carbocycles. The van der Waals surface area contributed by atoms with Crippen LogP contribution in [0, 0.1) is 0 Å². The molecule has 0 heterocycles. The molecule has 616 valence electrons. The summed E-state index contributed by atoms with van der Waals surface area (Å²) in [4.78, 5) is 283. The van der Waals surface area contributed by atoms with E-state index in [1.807, 2.05) is 16.0 Å². The maximum absolute atomic E-state index is 14.0. The number of unbranched alkanes of at least 4 members (excludes halogenated alkanes) is 1. The number of aliphatic carboxylic acids is 1. The van der Waals surface area contributed by atoms with Gasteiger partial charge in [0.1, 0.15) is 78.3 Å². The molecule has 0 spiro atoms. The molecule has 1 aromatic carbocycles. The molecule has 36 N–H and O–H groups in total. The van der Waals surface area contributed by atoms with Crippen molar-refractivity contribution in [3.8, 4) is 5.75 Å². The molecule has 21 amide bonds. The highest BCUT2D eigenvalue weighted by molar-refractivity contribution is 6.02. The van der Waals surface area contributed by atoms with Gasteiger partial charge in [0.25, 0.3) is 0 Å². The second-order valence-corrected chi connectivity index (χ2v) is 24.7. The number of amides is 21. The molecule has 0 saturated carbocycles. The van der Waals surface area contributed by atoms with Crippen molar-refractivity contribution in [2.45, 2.75) is 176 Å². The summed E-state index contributed by atoms with van der Waals surface area (Å²) in [5.41, 5.74) is 48.8. The number of benzene rings is 1. The quantitative estimate of drug-likeness (QED) is 0.0269. The van der Waals surface area contributed by atoms with Gasteiger partial charge in [-0.1, -0.05) is 12.1 Å². The van der Waals surface area contributed by atoms with Crippen LogP contribution in [-0.4, -0.2) is 262 Å². The van der Waals surface area contributed by atoms with Gasteiger partial charge in [-0.3, -0.25) is 105 Å². The van der Waals surface area contributed by atoms with E-state index < -0.39 is 306 Å². The molecular formula is C62H97N23O26. The molecular weight excluding hydrogens is 1480 g/mol. The predicted octanol–water partition coefficient (Wildman–Crippen LogP) is -16.2. The first-order valence-electron chi connectivity index (χ1n) is 33.8. The Kier molecular flexibility index (Phi) is 43.3. The van der Waals surface area contributed by atoms with Crippen molar-refractivity contribution < 1.29 is 126 Å². The first kappa shape index (κ1) is 96.2. The Hall–Kier alpha value is -12.8. The average Bonchev–Trinajstić information content (AvgIpc) is 0.859. The SMILES string of the molecule is C[C@H](NC(=O)[C@H](CO)NC(=O)[C@H](CCCCN)NC(=O)CNC(=O)[C@H](CCC(N)=O)NC(=O)[C@H](CCC(N)=O)NC(=O)[C@H](CC(N)=O)NC(=O)[C@H](CC(N)=O)NC(=O)[C@H](CC(=O)O)NC(=O)[C@@H](N)CO)C(=O)N[C@@H](CCC(N)=O)C(=O)N[C@@H](CCC(N)=O)C(=O)NCC(=O)NCC(=O)N[C@@H](Cc1ccc(O)cc1)C(N)=O. The Morgan fingerprint density at radius 1 is 0.351 bits per heavy atom. The number of nitrogens with one attached hydrogen (secondary N) is 14. The van der Waals surface area contributed by atoms with Gasteiger partial charge >= 0.3 is 5.97 Å². The minimum Gasteiger partial charge on any atom is -0.508 e. The number of carboxylic acid groups (broad SMARTS) is 1. The molecule has 0 saturated heterocycles. The van der Waals surface area contributed by atoms with Crippen molar-refractivity contribution in [3.63, 3.8) is 0 Å². The molecule has 0 bridgehead atoms. The molecule has 1 aromatic rings. The Morgan fingerprint density at radius 3 is 1.06 bits per heavy atom. The van der Waals surface area contributed by atoms with E-state index in [1.165, 1.54) is 24.3 Å². The molecule has 0 aliphatic heterocycles. The fourth-order valence-electron chi connectivity index (χ4n) is 9.46. The van der Waals surface area contributed by atoms with Gasteiger partial charge in [0, 0.05) is 32.1 Å². The lowest BCUT2D eigenvalue weighted by Gasteiger charge is -2.26. The summed E-state index contributed by atoms with van der Waals surface area (Å²) in [6.07, 6.45) is -8.18. The number of aliphatic hydroxyl groups is 2. The number of carbonyl (C=O) groups excluding carboxylic acids is 21. The van der Waals surface area contributed by atoms with Crippen LogP contribution < -0.4 is 126 Å². The molecule has 111 heavy (non-hydrogen) atoms. The molecule has 0 aromatic heterocycles. The summed E-state index contributed by atoms with van der Waals surface area (Å²) in [6.45, 7) is -3.59. The molecule has 0 aliphatic rings. The molecule has 49 nitrogen and oxygen atoms in total. The lowest BCUT2D eigenvalue weighted by molar-refractivity contribution is -0.141. The monoisotopic (exact) mass is 1580 g/mol. The van der Waals surface area contributed by atoms with Gasteiger partial charge in [-0.15, -0.1) is 0 Å². The van der Waals surface area contributed by atoms with Crippen molar-refractivity contribution in [3.05, 3.63) is 29.8 Å². The number of hydrogen-bond donors (Lipinski definition) is 27. The maximum Gasteiger partial charge on any atom is 0.305 e. The largest absolute Gasteiger partial charge is 0.508 e. The van der Waals surface area contributed by atoms with Crippen molar-refractivity contribution in [2.24, 2.45) is 51.6 Å². The summed E-state index contributed by atoms with van der Waals surface area (Å²) >= 11 is 0. The second-order valence-electron chi connectivity index (χ2n) is 24.7. The predicted molar refractivity (Wildman–Crippen MR) is 376 cm³/mol. The van der Waals surface area contributed by atoms with Gasteiger partial charge < -0.3 is 146 Å². The smallest absolute Gasteiger partial charge is 0.305 e. The number of phenols is 1. The first-order chi connectivity index (χ1) is 52.0. The minimum atomic E-state index is -2.14. The van der Waals surface area contributed by atoms with Gasteiger partial charge in [0.2, 0.25) is 124 Å². The van der Waals surface area contributed by atoms with Gasteiger partial charge in [-0.2, -0.15) is 0 Å². The average molecular weight is 1580 g/mol. The van der Waals surface area contributed by atoms with E-state index in [2.05, 4.69) is 58.5 Å². The van der Waals surface area contributed by atoms with Gasteiger partial charge in [0.05, 0.1) is 52.1 Å². The summed E-state index contributed by atoms with van der Waals surface area (Å²) < 4.78 is 0. The maximum atomic E-state index is 14.0. The highest BCUT2D eigenvalue weighted by Gasteiger charge is 2.37. The van der Waals surface area contributed by atoms with Crippen LogP contribution in [0.3, 0.4) is 0 Å². The number of aromatic hydroxyl groups is 1. The number of hydrogen-bond acceptors (Lipinski definition) is 27. The van der Waals surface area contributed by atoms with E-state index in [0.717, 1.165) is 6.92 Å². The standard InChI is InChI=1S/C62H97N23O26/c1-27(52(101)78-34(11-15-43(67)91)57(106)79-32(9-13-41(65)89)54(103)73-22-47(95)72-23-48(96)77-36(51(71)100)18-28-5-7-29(88)8-6-28)75-62(111)40(26-87)85-56(105)31(4-2-3-17-63)76-49(97)24-74-55(104)33(10-14-42(66)90)80-58(107)35(12-16-44(68)92)81-59(108)37(19-45(69)93)83-60(109)38(20-46(70)94)84-61(110)39(21-50(98)99)82-53(102)30(64)25-86/h5-8,27,30-40,86-88H,2-4,9-26,63-64H2,1H3,(H2,65,89)(H2,66,90)(H2,67,91)(H2,68,92)(H2,69,93)(H2,70,94)(H2,71,100)(H,72,95)(H,73,103)(H,74,104)(H,75,111)(H,76,97)(H,77,96)(H,78,101)(H,79,106)(H,80,107)(H,81,108)(H,82,102)(H,83,109)(H,84,110)(H,85,105)(H,98,99)/t27-,30-,31-,32-,33-,34-,35-,36-,37-,38-,39-,40-/m0/s1. The third-order valence-electron chi connectivity index (χ3n) is 15.4. The van der Waals surface area contributed by atoms with Crippen LogP contribution in [0.25, 0.3) is 0 Å². The van der Waals surface area contributed by atoms with Gasteiger partial charge in [-0.05, 0) is 76.1 Å². The van der Waals surface area contributed by atoms with Crippen LogP contribution >= 0.6 is 0 Å². The van der Waals surface area contributed by atoms with E-state index in [-0.39, 0.29) is 38.0 Å². The van der Waals surface area contributed by atoms with Crippen molar-refractivity contribution in [2.75, 3.05) is 39.4 Å².